The molecule has 0 saturated heterocycles. The summed E-state index contributed by atoms with van der Waals surface area (Å²) < 4.78 is 20.6. The van der Waals surface area contributed by atoms with Gasteiger partial charge in [-0.25, -0.2) is 4.39 Å². The van der Waals surface area contributed by atoms with Crippen LogP contribution in [0.2, 0.25) is 0 Å². The lowest BCUT2D eigenvalue weighted by Gasteiger charge is -2.09. The van der Waals surface area contributed by atoms with E-state index in [1.165, 1.54) is 12.1 Å². The summed E-state index contributed by atoms with van der Waals surface area (Å²) in [5, 5.41) is 0. The molecule has 0 spiro atoms. The van der Waals surface area contributed by atoms with E-state index in [2.05, 4.69) is 0 Å². The maximum Gasteiger partial charge on any atom is 0.419 e. The molecule has 0 aliphatic carbocycles. The highest BCUT2D eigenvalue weighted by atomic mass is 35.5. The SMILES string of the molecule is Fc1ccc2c(c1)OC(Cl)(Cl)O2. The molecule has 64 valence electrons. The van der Waals surface area contributed by atoms with Crippen LogP contribution < -0.4 is 9.47 Å². The topological polar surface area (TPSA) is 18.5 Å². The third-order valence-electron chi connectivity index (χ3n) is 1.36. The molecule has 1 aromatic carbocycles. The Hall–Kier alpha value is -0.670. The first kappa shape index (κ1) is 7.95. The molecule has 1 aliphatic heterocycles. The van der Waals surface area contributed by atoms with Gasteiger partial charge in [0.2, 0.25) is 0 Å². The summed E-state index contributed by atoms with van der Waals surface area (Å²) in [6.45, 7) is 0. The van der Waals surface area contributed by atoms with Crippen molar-refractivity contribution in [2.24, 2.45) is 0 Å². The molecule has 0 unspecified atom stereocenters. The van der Waals surface area contributed by atoms with E-state index in [1.807, 2.05) is 0 Å². The third-order valence-corrected chi connectivity index (χ3v) is 1.67. The van der Waals surface area contributed by atoms with Crippen LogP contribution in [-0.2, 0) is 0 Å². The van der Waals surface area contributed by atoms with Gasteiger partial charge in [-0.05, 0) is 35.3 Å². The Morgan fingerprint density at radius 2 is 1.83 bits per heavy atom. The van der Waals surface area contributed by atoms with E-state index in [4.69, 9.17) is 32.7 Å². The fraction of sp³-hybridized carbons (Fsp3) is 0.143. The average molecular weight is 209 g/mol. The number of halogens is 3. The summed E-state index contributed by atoms with van der Waals surface area (Å²) in [7, 11) is 0. The zero-order valence-corrected chi connectivity index (χ0v) is 7.19. The maximum absolute atomic E-state index is 12.6. The Labute approximate surface area is 77.8 Å². The molecule has 0 atom stereocenters. The van der Waals surface area contributed by atoms with Gasteiger partial charge in [0.1, 0.15) is 5.82 Å². The molecular weight excluding hydrogens is 206 g/mol. The van der Waals surface area contributed by atoms with Crippen molar-refractivity contribution in [3.63, 3.8) is 0 Å². The molecule has 5 heteroatoms. The van der Waals surface area contributed by atoms with Crippen molar-refractivity contribution < 1.29 is 13.9 Å². The van der Waals surface area contributed by atoms with E-state index >= 15 is 0 Å². The lowest BCUT2D eigenvalue weighted by atomic mass is 10.3. The molecule has 1 heterocycles. The third kappa shape index (κ3) is 1.30. The van der Waals surface area contributed by atoms with Crippen LogP contribution in [0.1, 0.15) is 0 Å². The van der Waals surface area contributed by atoms with Crippen molar-refractivity contribution in [2.45, 2.75) is 4.71 Å². The second-order valence-electron chi connectivity index (χ2n) is 2.26. The lowest BCUT2D eigenvalue weighted by Crippen LogP contribution is -2.22. The van der Waals surface area contributed by atoms with Gasteiger partial charge in [0.05, 0.1) is 0 Å². The van der Waals surface area contributed by atoms with Crippen molar-refractivity contribution in [3.8, 4) is 11.5 Å². The first-order chi connectivity index (χ1) is 5.57. The van der Waals surface area contributed by atoms with Crippen LogP contribution >= 0.6 is 23.2 Å². The number of ether oxygens (including phenoxy) is 2. The summed E-state index contributed by atoms with van der Waals surface area (Å²) in [5.74, 6) is 0.116. The number of rotatable bonds is 0. The monoisotopic (exact) mass is 208 g/mol. The highest BCUT2D eigenvalue weighted by molar-refractivity contribution is 6.46. The molecular formula is C7H3Cl2FO2. The van der Waals surface area contributed by atoms with E-state index in [0.29, 0.717) is 5.75 Å². The Balaban J connectivity index is 2.43. The van der Waals surface area contributed by atoms with E-state index < -0.39 is 10.5 Å². The predicted molar refractivity (Wildman–Crippen MR) is 42.1 cm³/mol. The number of fused-ring (bicyclic) bond motifs is 1. The Bertz CT molecular complexity index is 327. The summed E-state index contributed by atoms with van der Waals surface area (Å²) >= 11 is 11.0. The molecule has 0 N–H and O–H groups in total. The van der Waals surface area contributed by atoms with Gasteiger partial charge in [0.25, 0.3) is 0 Å². The van der Waals surface area contributed by atoms with Crippen molar-refractivity contribution >= 4 is 23.2 Å². The molecule has 12 heavy (non-hydrogen) atoms. The van der Waals surface area contributed by atoms with Crippen LogP contribution in [0.25, 0.3) is 0 Å². The Morgan fingerprint density at radius 3 is 2.58 bits per heavy atom. The highest BCUT2D eigenvalue weighted by Gasteiger charge is 2.37. The fourth-order valence-electron chi connectivity index (χ4n) is 0.923. The molecule has 0 radical (unpaired) electrons. The highest BCUT2D eigenvalue weighted by Crippen LogP contribution is 2.43. The Kier molecular flexibility index (Phi) is 1.59. The van der Waals surface area contributed by atoms with Crippen molar-refractivity contribution in [1.29, 1.82) is 0 Å². The minimum absolute atomic E-state index is 0.208. The number of benzene rings is 1. The number of alkyl halides is 2. The minimum Gasteiger partial charge on any atom is -0.423 e. The van der Waals surface area contributed by atoms with Crippen LogP contribution in [0.5, 0.6) is 11.5 Å². The molecule has 0 aromatic heterocycles. The van der Waals surface area contributed by atoms with Crippen LogP contribution in [0.4, 0.5) is 4.39 Å². The van der Waals surface area contributed by atoms with Crippen molar-refractivity contribution in [1.82, 2.24) is 0 Å². The summed E-state index contributed by atoms with van der Waals surface area (Å²) in [5.41, 5.74) is 0. The van der Waals surface area contributed by atoms with Gasteiger partial charge in [-0.1, -0.05) is 0 Å². The van der Waals surface area contributed by atoms with Crippen LogP contribution in [0, 0.1) is 5.82 Å². The van der Waals surface area contributed by atoms with Crippen LogP contribution in [0.15, 0.2) is 18.2 Å². The van der Waals surface area contributed by atoms with Gasteiger partial charge < -0.3 is 9.47 Å². The number of hydrogen-bond donors (Lipinski definition) is 0. The normalized spacial score (nSPS) is 17.9. The van der Waals surface area contributed by atoms with E-state index in [9.17, 15) is 4.39 Å². The summed E-state index contributed by atoms with van der Waals surface area (Å²) in [4.78, 5) is 0. The quantitative estimate of drug-likeness (QED) is 0.611. The largest absolute Gasteiger partial charge is 0.423 e. The molecule has 0 bridgehead atoms. The average Bonchev–Trinajstić information content (AvgIpc) is 2.21. The smallest absolute Gasteiger partial charge is 0.419 e. The number of hydrogen-bond acceptors (Lipinski definition) is 2. The van der Waals surface area contributed by atoms with Gasteiger partial charge in [-0.2, -0.15) is 0 Å². The molecule has 0 amide bonds. The lowest BCUT2D eigenvalue weighted by molar-refractivity contribution is 0.0848. The van der Waals surface area contributed by atoms with Crippen molar-refractivity contribution in [3.05, 3.63) is 24.0 Å². The van der Waals surface area contributed by atoms with Crippen molar-refractivity contribution in [2.75, 3.05) is 0 Å². The van der Waals surface area contributed by atoms with Crippen LogP contribution in [0.3, 0.4) is 0 Å². The molecule has 1 aromatic rings. The van der Waals surface area contributed by atoms with Gasteiger partial charge in [-0.15, -0.1) is 0 Å². The second-order valence-corrected chi connectivity index (χ2v) is 3.45. The van der Waals surface area contributed by atoms with Gasteiger partial charge in [0.15, 0.2) is 11.5 Å². The van der Waals surface area contributed by atoms with Gasteiger partial charge in [0, 0.05) is 6.07 Å². The Morgan fingerprint density at radius 1 is 1.17 bits per heavy atom. The van der Waals surface area contributed by atoms with E-state index in [0.717, 1.165) is 6.07 Å². The zero-order valence-electron chi connectivity index (χ0n) is 5.68. The molecule has 1 aliphatic rings. The van der Waals surface area contributed by atoms with Crippen LogP contribution in [-0.4, -0.2) is 4.71 Å². The molecule has 2 rings (SSSR count). The van der Waals surface area contributed by atoms with Gasteiger partial charge >= 0.3 is 4.71 Å². The standard InChI is InChI=1S/C7H3Cl2FO2/c8-7(9)11-5-2-1-4(10)3-6(5)12-7/h1-3H. The summed E-state index contributed by atoms with van der Waals surface area (Å²) in [6, 6.07) is 3.79. The fourth-order valence-corrected chi connectivity index (χ4v) is 1.26. The van der Waals surface area contributed by atoms with E-state index in [-0.39, 0.29) is 5.75 Å². The minimum atomic E-state index is -1.73. The maximum atomic E-state index is 12.6. The first-order valence-electron chi connectivity index (χ1n) is 3.12. The second kappa shape index (κ2) is 2.41. The zero-order chi connectivity index (χ0) is 8.77. The molecule has 0 saturated carbocycles. The van der Waals surface area contributed by atoms with E-state index in [1.54, 1.807) is 0 Å². The first-order valence-corrected chi connectivity index (χ1v) is 3.88. The molecule has 2 nitrogen and oxygen atoms in total. The molecule has 0 fully saturated rings. The van der Waals surface area contributed by atoms with Gasteiger partial charge in [-0.3, -0.25) is 0 Å². The predicted octanol–water partition coefficient (Wildman–Crippen LogP) is 2.69. The summed E-state index contributed by atoms with van der Waals surface area (Å²) in [6.07, 6.45) is 0.